The van der Waals surface area contributed by atoms with Crippen LogP contribution >= 0.6 is 0 Å². The number of aliphatic hydroxyl groups is 1. The van der Waals surface area contributed by atoms with E-state index in [4.69, 9.17) is 12.8 Å². The van der Waals surface area contributed by atoms with Crippen molar-refractivity contribution in [3.8, 4) is 24.7 Å². The summed E-state index contributed by atoms with van der Waals surface area (Å²) in [5.41, 5.74) is 0. The molecule has 1 N–H and O–H groups in total. The Kier molecular flexibility index (Phi) is 6.25. The standard InChI is InChI=1S/C11H16O/c1-4-7-8-9-11(12)10(5-2)6-3/h2-3,10-12H,4,7-9H2,1H3. The summed E-state index contributed by atoms with van der Waals surface area (Å²) in [6.45, 7) is 2.12. The van der Waals surface area contributed by atoms with Gasteiger partial charge in [0.05, 0.1) is 6.10 Å². The maximum atomic E-state index is 9.45. The lowest BCUT2D eigenvalue weighted by atomic mass is 9.99. The average molecular weight is 164 g/mol. The average Bonchev–Trinajstić information content (AvgIpc) is 2.07. The third-order valence-corrected chi connectivity index (χ3v) is 1.85. The summed E-state index contributed by atoms with van der Waals surface area (Å²) in [4.78, 5) is 0. The Morgan fingerprint density at radius 3 is 2.25 bits per heavy atom. The Morgan fingerprint density at radius 2 is 1.83 bits per heavy atom. The summed E-state index contributed by atoms with van der Waals surface area (Å²) in [6.07, 6.45) is 13.7. The highest BCUT2D eigenvalue weighted by atomic mass is 16.3. The Hall–Kier alpha value is -0.920. The minimum absolute atomic E-state index is 0.415. The van der Waals surface area contributed by atoms with Crippen molar-refractivity contribution in [2.75, 3.05) is 0 Å². The van der Waals surface area contributed by atoms with Gasteiger partial charge in [0.2, 0.25) is 0 Å². The van der Waals surface area contributed by atoms with Crippen LogP contribution in [-0.2, 0) is 0 Å². The first-order valence-electron chi connectivity index (χ1n) is 4.36. The molecule has 0 saturated heterocycles. The van der Waals surface area contributed by atoms with Gasteiger partial charge < -0.3 is 5.11 Å². The quantitative estimate of drug-likeness (QED) is 0.485. The summed E-state index contributed by atoms with van der Waals surface area (Å²) in [6, 6.07) is 0. The zero-order chi connectivity index (χ0) is 9.40. The second-order valence-corrected chi connectivity index (χ2v) is 2.87. The highest BCUT2D eigenvalue weighted by Crippen LogP contribution is 2.10. The van der Waals surface area contributed by atoms with Crippen LogP contribution in [0.15, 0.2) is 0 Å². The largest absolute Gasteiger partial charge is 0.391 e. The molecule has 0 aliphatic carbocycles. The van der Waals surface area contributed by atoms with Crippen molar-refractivity contribution >= 4 is 0 Å². The van der Waals surface area contributed by atoms with E-state index in [0.717, 1.165) is 19.3 Å². The van der Waals surface area contributed by atoms with Gasteiger partial charge in [0.1, 0.15) is 5.92 Å². The minimum Gasteiger partial charge on any atom is -0.391 e. The summed E-state index contributed by atoms with van der Waals surface area (Å²) in [5, 5.41) is 9.45. The molecule has 0 aromatic carbocycles. The zero-order valence-corrected chi connectivity index (χ0v) is 7.59. The fraction of sp³-hybridized carbons (Fsp3) is 0.636. The Bertz CT molecular complexity index is 168. The zero-order valence-electron chi connectivity index (χ0n) is 7.59. The summed E-state index contributed by atoms with van der Waals surface area (Å²) in [5.74, 6) is 4.37. The van der Waals surface area contributed by atoms with Crippen molar-refractivity contribution in [1.82, 2.24) is 0 Å². The molecule has 66 valence electrons. The highest BCUT2D eigenvalue weighted by Gasteiger charge is 2.12. The SMILES string of the molecule is C#CC(C#C)C(O)CCCCC. The molecule has 0 heterocycles. The van der Waals surface area contributed by atoms with Gasteiger partial charge in [-0.3, -0.25) is 0 Å². The van der Waals surface area contributed by atoms with Crippen LogP contribution in [0.2, 0.25) is 0 Å². The fourth-order valence-electron chi connectivity index (χ4n) is 1.04. The molecule has 0 aromatic rings. The lowest BCUT2D eigenvalue weighted by Gasteiger charge is -2.11. The molecule has 0 amide bonds. The molecule has 0 bridgehead atoms. The van der Waals surface area contributed by atoms with Crippen molar-refractivity contribution in [1.29, 1.82) is 0 Å². The van der Waals surface area contributed by atoms with E-state index in [0.29, 0.717) is 6.42 Å². The predicted octanol–water partition coefficient (Wildman–Crippen LogP) is 1.81. The molecule has 1 heteroatoms. The lowest BCUT2D eigenvalue weighted by molar-refractivity contribution is 0.142. The van der Waals surface area contributed by atoms with E-state index < -0.39 is 12.0 Å². The molecule has 1 unspecified atom stereocenters. The van der Waals surface area contributed by atoms with Gasteiger partial charge in [0.25, 0.3) is 0 Å². The molecule has 0 rings (SSSR count). The molecule has 0 aliphatic rings. The van der Waals surface area contributed by atoms with Gasteiger partial charge in [-0.15, -0.1) is 12.8 Å². The fourth-order valence-corrected chi connectivity index (χ4v) is 1.04. The number of terminal acetylenes is 2. The van der Waals surface area contributed by atoms with Gasteiger partial charge in [-0.1, -0.05) is 38.0 Å². The van der Waals surface area contributed by atoms with Crippen molar-refractivity contribution in [2.45, 2.75) is 38.7 Å². The first kappa shape index (κ1) is 11.1. The third-order valence-electron chi connectivity index (χ3n) is 1.85. The second kappa shape index (κ2) is 6.77. The molecule has 1 nitrogen and oxygen atoms in total. The van der Waals surface area contributed by atoms with Gasteiger partial charge in [0, 0.05) is 0 Å². The summed E-state index contributed by atoms with van der Waals surface area (Å²) >= 11 is 0. The Balaban J connectivity index is 3.65. The van der Waals surface area contributed by atoms with E-state index in [1.807, 2.05) is 0 Å². The van der Waals surface area contributed by atoms with E-state index in [9.17, 15) is 5.11 Å². The monoisotopic (exact) mass is 164 g/mol. The number of aliphatic hydroxyl groups excluding tert-OH is 1. The van der Waals surface area contributed by atoms with Crippen LogP contribution in [0.3, 0.4) is 0 Å². The van der Waals surface area contributed by atoms with Crippen molar-refractivity contribution in [3.05, 3.63) is 0 Å². The van der Waals surface area contributed by atoms with Gasteiger partial charge in [-0.25, -0.2) is 0 Å². The molecule has 12 heavy (non-hydrogen) atoms. The third kappa shape index (κ3) is 4.06. The molecule has 0 aromatic heterocycles. The van der Waals surface area contributed by atoms with Crippen LogP contribution < -0.4 is 0 Å². The maximum Gasteiger partial charge on any atom is 0.106 e. The molecular formula is C11H16O. The number of hydrogen-bond donors (Lipinski definition) is 1. The van der Waals surface area contributed by atoms with Gasteiger partial charge >= 0.3 is 0 Å². The van der Waals surface area contributed by atoms with Crippen molar-refractivity contribution in [2.24, 2.45) is 5.92 Å². The number of rotatable bonds is 5. The van der Waals surface area contributed by atoms with Crippen LogP contribution in [-0.4, -0.2) is 11.2 Å². The lowest BCUT2D eigenvalue weighted by Crippen LogP contribution is -2.16. The normalized spacial score (nSPS) is 12.1. The van der Waals surface area contributed by atoms with Crippen LogP contribution in [0.25, 0.3) is 0 Å². The van der Waals surface area contributed by atoms with E-state index in [1.54, 1.807) is 0 Å². The van der Waals surface area contributed by atoms with Crippen molar-refractivity contribution in [3.63, 3.8) is 0 Å². The topological polar surface area (TPSA) is 20.2 Å². The maximum absolute atomic E-state index is 9.45. The molecule has 1 atom stereocenters. The van der Waals surface area contributed by atoms with Crippen LogP contribution in [0.1, 0.15) is 32.6 Å². The van der Waals surface area contributed by atoms with Crippen LogP contribution in [0.4, 0.5) is 0 Å². The van der Waals surface area contributed by atoms with Gasteiger partial charge in [-0.2, -0.15) is 0 Å². The molecule has 0 radical (unpaired) electrons. The van der Waals surface area contributed by atoms with E-state index in [2.05, 4.69) is 18.8 Å². The summed E-state index contributed by atoms with van der Waals surface area (Å²) < 4.78 is 0. The highest BCUT2D eigenvalue weighted by molar-refractivity contribution is 5.12. The van der Waals surface area contributed by atoms with Gasteiger partial charge in [-0.05, 0) is 6.42 Å². The smallest absolute Gasteiger partial charge is 0.106 e. The van der Waals surface area contributed by atoms with Crippen LogP contribution in [0.5, 0.6) is 0 Å². The predicted molar refractivity (Wildman–Crippen MR) is 51.3 cm³/mol. The summed E-state index contributed by atoms with van der Waals surface area (Å²) in [7, 11) is 0. The second-order valence-electron chi connectivity index (χ2n) is 2.87. The molecule has 0 spiro atoms. The van der Waals surface area contributed by atoms with Crippen LogP contribution in [0, 0.1) is 30.6 Å². The van der Waals surface area contributed by atoms with Gasteiger partial charge in [0.15, 0.2) is 0 Å². The van der Waals surface area contributed by atoms with E-state index in [1.165, 1.54) is 0 Å². The van der Waals surface area contributed by atoms with E-state index in [-0.39, 0.29) is 0 Å². The number of hydrogen-bond acceptors (Lipinski definition) is 1. The first-order valence-corrected chi connectivity index (χ1v) is 4.36. The van der Waals surface area contributed by atoms with Crippen molar-refractivity contribution < 1.29 is 5.11 Å². The minimum atomic E-state index is -0.522. The molecule has 0 fully saturated rings. The first-order chi connectivity index (χ1) is 5.76. The Labute approximate surface area is 75.2 Å². The molecule has 0 saturated carbocycles. The molecule has 0 aliphatic heterocycles. The number of unbranched alkanes of at least 4 members (excludes halogenated alkanes) is 2. The van der Waals surface area contributed by atoms with E-state index >= 15 is 0 Å². The molecular weight excluding hydrogens is 148 g/mol. The Morgan fingerprint density at radius 1 is 1.25 bits per heavy atom.